The zero-order valence-corrected chi connectivity index (χ0v) is 16.3. The van der Waals surface area contributed by atoms with Crippen LogP contribution in [0.3, 0.4) is 0 Å². The molecule has 7 heteroatoms. The number of hydrogen-bond acceptors (Lipinski definition) is 5. The maximum absolute atomic E-state index is 13.0. The zero-order chi connectivity index (χ0) is 20.1. The Labute approximate surface area is 171 Å². The Morgan fingerprint density at radius 2 is 1.66 bits per heavy atom. The van der Waals surface area contributed by atoms with Gasteiger partial charge in [-0.05, 0) is 35.4 Å². The number of nitrogens with one attached hydrogen (secondary N) is 1. The molecule has 0 saturated carbocycles. The lowest BCUT2D eigenvalue weighted by Crippen LogP contribution is -2.35. The van der Waals surface area contributed by atoms with Gasteiger partial charge in [0.25, 0.3) is 5.56 Å². The van der Waals surface area contributed by atoms with Gasteiger partial charge in [0.05, 0.1) is 17.3 Å². The van der Waals surface area contributed by atoms with Crippen molar-refractivity contribution in [1.29, 1.82) is 0 Å². The van der Waals surface area contributed by atoms with Crippen molar-refractivity contribution in [3.8, 4) is 0 Å². The number of aromatic nitrogens is 3. The van der Waals surface area contributed by atoms with Crippen molar-refractivity contribution in [2.24, 2.45) is 0 Å². The number of para-hydroxylation sites is 1. The molecule has 0 saturated heterocycles. The molecular formula is C22H18N4O2S. The summed E-state index contributed by atoms with van der Waals surface area (Å²) in [6, 6.07) is 20.3. The molecule has 0 bridgehead atoms. The molecule has 0 aliphatic heterocycles. The van der Waals surface area contributed by atoms with Crippen molar-refractivity contribution < 1.29 is 4.79 Å². The Bertz CT molecular complexity index is 1190. The van der Waals surface area contributed by atoms with Gasteiger partial charge in [-0.25, -0.2) is 4.98 Å². The fourth-order valence-corrected chi connectivity index (χ4v) is 3.79. The smallest absolute Gasteiger partial charge is 0.273 e. The van der Waals surface area contributed by atoms with Gasteiger partial charge >= 0.3 is 0 Å². The van der Waals surface area contributed by atoms with E-state index >= 15 is 0 Å². The van der Waals surface area contributed by atoms with Crippen molar-refractivity contribution >= 4 is 28.6 Å². The van der Waals surface area contributed by atoms with Gasteiger partial charge in [-0.3, -0.25) is 20.0 Å². The van der Waals surface area contributed by atoms with Crippen molar-refractivity contribution in [3.05, 3.63) is 101 Å². The van der Waals surface area contributed by atoms with Crippen LogP contribution in [0.1, 0.15) is 11.1 Å². The van der Waals surface area contributed by atoms with E-state index < -0.39 is 0 Å². The van der Waals surface area contributed by atoms with Gasteiger partial charge in [-0.1, -0.05) is 54.2 Å². The second-order valence-corrected chi connectivity index (χ2v) is 7.34. The summed E-state index contributed by atoms with van der Waals surface area (Å²) in [6.07, 6.45) is 3.62. The van der Waals surface area contributed by atoms with Gasteiger partial charge in [0, 0.05) is 18.1 Å². The third kappa shape index (κ3) is 4.52. The van der Waals surface area contributed by atoms with Crippen LogP contribution >= 0.6 is 11.8 Å². The summed E-state index contributed by atoms with van der Waals surface area (Å²) in [4.78, 5) is 34.2. The third-order valence-corrected chi connectivity index (χ3v) is 5.32. The van der Waals surface area contributed by atoms with Gasteiger partial charge in [-0.15, -0.1) is 0 Å². The normalized spacial score (nSPS) is 10.8. The van der Waals surface area contributed by atoms with E-state index in [-0.39, 0.29) is 17.9 Å². The van der Waals surface area contributed by atoms with Crippen LogP contribution in [0.5, 0.6) is 0 Å². The summed E-state index contributed by atoms with van der Waals surface area (Å²) in [7, 11) is 0. The molecule has 4 rings (SSSR count). The molecule has 1 amide bonds. The van der Waals surface area contributed by atoms with Crippen LogP contribution in [0, 0.1) is 0 Å². The number of thioether (sulfide) groups is 1. The predicted octanol–water partition coefficient (Wildman–Crippen LogP) is 3.40. The van der Waals surface area contributed by atoms with E-state index in [1.807, 2.05) is 48.5 Å². The van der Waals surface area contributed by atoms with Crippen LogP contribution < -0.4 is 11.0 Å². The van der Waals surface area contributed by atoms with E-state index in [9.17, 15) is 9.59 Å². The molecule has 144 valence electrons. The zero-order valence-electron chi connectivity index (χ0n) is 15.5. The van der Waals surface area contributed by atoms with Gasteiger partial charge in [-0.2, -0.15) is 4.68 Å². The number of rotatable bonds is 6. The first-order valence-electron chi connectivity index (χ1n) is 9.08. The second-order valence-electron chi connectivity index (χ2n) is 6.39. The number of pyridine rings is 1. The minimum absolute atomic E-state index is 0.175. The molecule has 0 aliphatic rings. The summed E-state index contributed by atoms with van der Waals surface area (Å²) < 4.78 is 1.25. The largest absolute Gasteiger partial charge is 0.281 e. The van der Waals surface area contributed by atoms with Crippen molar-refractivity contribution in [2.75, 3.05) is 5.43 Å². The standard InChI is InChI=1S/C22H18N4O2S/c27-20(14-16-6-2-1-3-7-16)25-26-21(28)18-8-4-5-9-19(18)24-22(26)29-15-17-10-12-23-13-11-17/h1-13H,14-15H2,(H,25,27). The SMILES string of the molecule is O=C(Cc1ccccc1)Nn1c(SCc2ccncc2)nc2ccccc2c1=O. The van der Waals surface area contributed by atoms with E-state index in [1.165, 1.54) is 16.4 Å². The maximum Gasteiger partial charge on any atom is 0.281 e. The Kier molecular flexibility index (Phi) is 5.67. The molecule has 1 N–H and O–H groups in total. The molecular weight excluding hydrogens is 384 g/mol. The topological polar surface area (TPSA) is 76.9 Å². The molecule has 0 radical (unpaired) electrons. The van der Waals surface area contributed by atoms with Crippen LogP contribution in [0.15, 0.2) is 89.1 Å². The predicted molar refractivity (Wildman–Crippen MR) is 114 cm³/mol. The first-order valence-corrected chi connectivity index (χ1v) is 10.1. The van der Waals surface area contributed by atoms with Crippen molar-refractivity contribution in [2.45, 2.75) is 17.3 Å². The number of hydrogen-bond donors (Lipinski definition) is 1. The average Bonchev–Trinajstić information content (AvgIpc) is 2.76. The minimum Gasteiger partial charge on any atom is -0.273 e. The second kappa shape index (κ2) is 8.70. The van der Waals surface area contributed by atoms with Gasteiger partial charge < -0.3 is 0 Å². The number of carbonyl (C=O) groups excluding carboxylic acids is 1. The van der Waals surface area contributed by atoms with Gasteiger partial charge in [0.15, 0.2) is 5.16 Å². The molecule has 0 atom stereocenters. The third-order valence-electron chi connectivity index (χ3n) is 4.31. The van der Waals surface area contributed by atoms with E-state index in [1.54, 1.807) is 30.6 Å². The maximum atomic E-state index is 13.0. The number of amides is 1. The molecule has 4 aromatic rings. The van der Waals surface area contributed by atoms with Crippen LogP contribution in [0.4, 0.5) is 0 Å². The highest BCUT2D eigenvalue weighted by Gasteiger charge is 2.14. The van der Waals surface area contributed by atoms with E-state index in [0.29, 0.717) is 21.8 Å². The molecule has 2 aromatic carbocycles. The lowest BCUT2D eigenvalue weighted by Gasteiger charge is -2.14. The highest BCUT2D eigenvalue weighted by Crippen LogP contribution is 2.21. The summed E-state index contributed by atoms with van der Waals surface area (Å²) in [5.41, 5.74) is 4.95. The number of fused-ring (bicyclic) bond motifs is 1. The lowest BCUT2D eigenvalue weighted by molar-refractivity contribution is -0.116. The molecule has 2 heterocycles. The van der Waals surface area contributed by atoms with Crippen molar-refractivity contribution in [1.82, 2.24) is 14.6 Å². The number of carbonyl (C=O) groups is 1. The van der Waals surface area contributed by atoms with Gasteiger partial charge in [0.2, 0.25) is 5.91 Å². The van der Waals surface area contributed by atoms with E-state index in [2.05, 4.69) is 15.4 Å². The molecule has 0 unspecified atom stereocenters. The lowest BCUT2D eigenvalue weighted by atomic mass is 10.1. The number of benzene rings is 2. The van der Waals surface area contributed by atoms with Crippen LogP contribution in [0.25, 0.3) is 10.9 Å². The van der Waals surface area contributed by atoms with Crippen LogP contribution in [-0.2, 0) is 17.0 Å². The quantitative estimate of drug-likeness (QED) is 0.395. The molecule has 6 nitrogen and oxygen atoms in total. The minimum atomic E-state index is -0.297. The fraction of sp³-hybridized carbons (Fsp3) is 0.0909. The monoisotopic (exact) mass is 402 g/mol. The average molecular weight is 402 g/mol. The first kappa shape index (κ1) is 18.9. The Morgan fingerprint density at radius 3 is 2.45 bits per heavy atom. The van der Waals surface area contributed by atoms with E-state index in [0.717, 1.165) is 11.1 Å². The summed E-state index contributed by atoms with van der Waals surface area (Å²) in [5, 5.41) is 0.896. The molecule has 0 aliphatic carbocycles. The molecule has 0 fully saturated rings. The Morgan fingerprint density at radius 1 is 0.931 bits per heavy atom. The Hall–Kier alpha value is -3.45. The summed E-state index contributed by atoms with van der Waals surface area (Å²) >= 11 is 1.39. The Balaban J connectivity index is 1.65. The molecule has 2 aromatic heterocycles. The summed E-state index contributed by atoms with van der Waals surface area (Å²) in [6.45, 7) is 0. The summed E-state index contributed by atoms with van der Waals surface area (Å²) in [5.74, 6) is 0.322. The first-order chi connectivity index (χ1) is 14.2. The fourth-order valence-electron chi connectivity index (χ4n) is 2.88. The van der Waals surface area contributed by atoms with E-state index in [4.69, 9.17) is 0 Å². The van der Waals surface area contributed by atoms with Crippen LogP contribution in [0.2, 0.25) is 0 Å². The van der Waals surface area contributed by atoms with Gasteiger partial charge in [0.1, 0.15) is 0 Å². The highest BCUT2D eigenvalue weighted by atomic mass is 32.2. The van der Waals surface area contributed by atoms with Crippen LogP contribution in [-0.4, -0.2) is 20.6 Å². The number of nitrogens with zero attached hydrogens (tertiary/aromatic N) is 3. The molecule has 0 spiro atoms. The molecule has 29 heavy (non-hydrogen) atoms. The highest BCUT2D eigenvalue weighted by molar-refractivity contribution is 7.98. The van der Waals surface area contributed by atoms with Crippen molar-refractivity contribution in [3.63, 3.8) is 0 Å².